The highest BCUT2D eigenvalue weighted by Crippen LogP contribution is 2.60. The summed E-state index contributed by atoms with van der Waals surface area (Å²) in [6.45, 7) is 4.80. The molecule has 14 heavy (non-hydrogen) atoms. The van der Waals surface area contributed by atoms with Gasteiger partial charge in [0.15, 0.2) is 0 Å². The molecule has 1 aromatic rings. The van der Waals surface area contributed by atoms with E-state index in [0.29, 0.717) is 10.8 Å². The van der Waals surface area contributed by atoms with E-state index in [4.69, 9.17) is 0 Å². The summed E-state index contributed by atoms with van der Waals surface area (Å²) in [5.41, 5.74) is 2.46. The summed E-state index contributed by atoms with van der Waals surface area (Å²) >= 11 is 2.52. The highest BCUT2D eigenvalue weighted by molar-refractivity contribution is 14.1. The number of benzene rings is 1. The Morgan fingerprint density at radius 1 is 1.21 bits per heavy atom. The van der Waals surface area contributed by atoms with Crippen molar-refractivity contribution in [3.8, 4) is 0 Å². The summed E-state index contributed by atoms with van der Waals surface area (Å²) in [6.07, 6.45) is 2.74. The summed E-state index contributed by atoms with van der Waals surface area (Å²) in [5.74, 6) is 0. The van der Waals surface area contributed by atoms with E-state index >= 15 is 0 Å². The molecular weight excluding hydrogens is 283 g/mol. The summed E-state index contributed by atoms with van der Waals surface area (Å²) in [4.78, 5) is 0. The molecule has 0 unspecified atom stereocenters. The molecule has 0 spiro atoms. The van der Waals surface area contributed by atoms with Crippen molar-refractivity contribution in [1.82, 2.24) is 0 Å². The molecule has 0 nitrogen and oxygen atoms in total. The third kappa shape index (κ3) is 1.50. The van der Waals surface area contributed by atoms with Gasteiger partial charge in [0.25, 0.3) is 0 Å². The second kappa shape index (κ2) is 3.51. The van der Waals surface area contributed by atoms with Gasteiger partial charge in [0.05, 0.1) is 0 Å². The van der Waals surface area contributed by atoms with E-state index in [0.717, 1.165) is 0 Å². The van der Waals surface area contributed by atoms with E-state index in [1.165, 1.54) is 17.3 Å². The van der Waals surface area contributed by atoms with E-state index in [9.17, 15) is 0 Å². The number of hydrogen-bond donors (Lipinski definition) is 0. The minimum atomic E-state index is 0.439. The van der Waals surface area contributed by atoms with Crippen LogP contribution in [0.25, 0.3) is 0 Å². The van der Waals surface area contributed by atoms with E-state index in [2.05, 4.69) is 66.8 Å². The molecule has 1 aliphatic carbocycles. The van der Waals surface area contributed by atoms with Crippen LogP contribution < -0.4 is 0 Å². The Labute approximate surface area is 100 Å². The summed E-state index contributed by atoms with van der Waals surface area (Å²) in [6, 6.07) is 11.0. The molecule has 0 amide bonds. The molecule has 1 fully saturated rings. The predicted molar refractivity (Wildman–Crippen MR) is 70.0 cm³/mol. The van der Waals surface area contributed by atoms with Gasteiger partial charge in [-0.1, -0.05) is 66.8 Å². The Morgan fingerprint density at radius 2 is 1.79 bits per heavy atom. The van der Waals surface area contributed by atoms with Crippen LogP contribution in [0.3, 0.4) is 0 Å². The molecule has 0 saturated heterocycles. The molecule has 0 N–H and O–H groups in total. The van der Waals surface area contributed by atoms with Crippen molar-refractivity contribution in [2.24, 2.45) is 5.41 Å². The molecule has 0 aliphatic heterocycles. The summed E-state index contributed by atoms with van der Waals surface area (Å²) in [7, 11) is 0. The molecular formula is C13H17I. The zero-order chi connectivity index (χ0) is 10.2. The minimum absolute atomic E-state index is 0.439. The molecule has 1 aromatic carbocycles. The van der Waals surface area contributed by atoms with Crippen molar-refractivity contribution in [3.63, 3.8) is 0 Å². The third-order valence-corrected chi connectivity index (χ3v) is 5.61. The van der Waals surface area contributed by atoms with E-state index < -0.39 is 0 Å². The molecule has 0 atom stereocenters. The first kappa shape index (κ1) is 10.5. The smallest absolute Gasteiger partial charge is 0.00552 e. The lowest BCUT2D eigenvalue weighted by Gasteiger charge is -2.33. The first-order valence-electron chi connectivity index (χ1n) is 5.24. The van der Waals surface area contributed by atoms with Crippen LogP contribution in [0.4, 0.5) is 0 Å². The van der Waals surface area contributed by atoms with Crippen LogP contribution in [-0.2, 0) is 5.41 Å². The van der Waals surface area contributed by atoms with Gasteiger partial charge in [-0.05, 0) is 23.8 Å². The van der Waals surface area contributed by atoms with Gasteiger partial charge in [-0.15, -0.1) is 0 Å². The van der Waals surface area contributed by atoms with E-state index in [-0.39, 0.29) is 0 Å². The molecule has 1 aliphatic rings. The van der Waals surface area contributed by atoms with Crippen molar-refractivity contribution < 1.29 is 0 Å². The molecule has 1 saturated carbocycles. The Balaban J connectivity index is 2.35. The average Bonchev–Trinajstić information content (AvgIpc) is 3.00. The maximum absolute atomic E-state index is 2.52. The molecule has 0 radical (unpaired) electrons. The van der Waals surface area contributed by atoms with Gasteiger partial charge in [0.2, 0.25) is 0 Å². The van der Waals surface area contributed by atoms with Gasteiger partial charge < -0.3 is 0 Å². The van der Waals surface area contributed by atoms with E-state index in [1.807, 2.05) is 0 Å². The topological polar surface area (TPSA) is 0 Å². The first-order valence-corrected chi connectivity index (χ1v) is 6.76. The monoisotopic (exact) mass is 300 g/mol. The highest BCUT2D eigenvalue weighted by Gasteiger charge is 2.54. The van der Waals surface area contributed by atoms with Crippen molar-refractivity contribution in [2.75, 3.05) is 4.43 Å². The molecule has 1 heteroatoms. The average molecular weight is 300 g/mol. The Hall–Kier alpha value is -0.0500. The zero-order valence-corrected chi connectivity index (χ0v) is 11.0. The van der Waals surface area contributed by atoms with Gasteiger partial charge >= 0.3 is 0 Å². The van der Waals surface area contributed by atoms with Gasteiger partial charge in [-0.3, -0.25) is 0 Å². The van der Waals surface area contributed by atoms with Gasteiger partial charge in [-0.25, -0.2) is 0 Å². The number of rotatable bonds is 3. The standard InChI is InChI=1S/C13H17I/c1-12(2,10-14)13(8-9-13)11-6-4-3-5-7-11/h3-7H,8-10H2,1-2H3. The zero-order valence-electron chi connectivity index (χ0n) is 8.89. The first-order chi connectivity index (χ1) is 6.62. The van der Waals surface area contributed by atoms with Gasteiger partial charge in [-0.2, -0.15) is 0 Å². The van der Waals surface area contributed by atoms with Gasteiger partial charge in [0, 0.05) is 9.84 Å². The maximum Gasteiger partial charge on any atom is 0.00552 e. The normalized spacial score (nSPS) is 19.4. The predicted octanol–water partition coefficient (Wildman–Crippen LogP) is 4.18. The van der Waals surface area contributed by atoms with Gasteiger partial charge in [0.1, 0.15) is 0 Å². The Bertz CT molecular complexity index is 309. The SMILES string of the molecule is CC(C)(CI)C1(c2ccccc2)CC1. The number of halogens is 1. The molecule has 0 heterocycles. The summed E-state index contributed by atoms with van der Waals surface area (Å²) < 4.78 is 1.24. The van der Waals surface area contributed by atoms with Crippen molar-refractivity contribution in [3.05, 3.63) is 35.9 Å². The van der Waals surface area contributed by atoms with Crippen LogP contribution in [-0.4, -0.2) is 4.43 Å². The molecule has 76 valence electrons. The molecule has 2 rings (SSSR count). The lowest BCUT2D eigenvalue weighted by molar-refractivity contribution is 0.313. The quantitative estimate of drug-likeness (QED) is 0.580. The Morgan fingerprint density at radius 3 is 2.21 bits per heavy atom. The molecule has 0 aromatic heterocycles. The fourth-order valence-electron chi connectivity index (χ4n) is 2.37. The van der Waals surface area contributed by atoms with E-state index in [1.54, 1.807) is 5.56 Å². The van der Waals surface area contributed by atoms with Crippen LogP contribution >= 0.6 is 22.6 Å². The lowest BCUT2D eigenvalue weighted by atomic mass is 9.73. The van der Waals surface area contributed by atoms with Crippen molar-refractivity contribution in [1.29, 1.82) is 0 Å². The van der Waals surface area contributed by atoms with Crippen LogP contribution in [0.5, 0.6) is 0 Å². The molecule has 0 bridgehead atoms. The van der Waals surface area contributed by atoms with Crippen molar-refractivity contribution >= 4 is 22.6 Å². The number of hydrogen-bond acceptors (Lipinski definition) is 0. The lowest BCUT2D eigenvalue weighted by Crippen LogP contribution is -2.30. The summed E-state index contributed by atoms with van der Waals surface area (Å²) in [5, 5.41) is 0. The van der Waals surface area contributed by atoms with Crippen LogP contribution in [0.2, 0.25) is 0 Å². The third-order valence-electron chi connectivity index (χ3n) is 3.71. The number of alkyl halides is 1. The fourth-order valence-corrected chi connectivity index (χ4v) is 3.10. The Kier molecular flexibility index (Phi) is 2.63. The second-order valence-electron chi connectivity index (χ2n) is 4.97. The highest BCUT2D eigenvalue weighted by atomic mass is 127. The fraction of sp³-hybridized carbons (Fsp3) is 0.538. The maximum atomic E-state index is 2.52. The van der Waals surface area contributed by atoms with Crippen LogP contribution in [0.15, 0.2) is 30.3 Å². The van der Waals surface area contributed by atoms with Crippen molar-refractivity contribution in [2.45, 2.75) is 32.1 Å². The minimum Gasteiger partial charge on any atom is -0.0858 e. The second-order valence-corrected chi connectivity index (χ2v) is 5.73. The van der Waals surface area contributed by atoms with Crippen LogP contribution in [0.1, 0.15) is 32.3 Å². The van der Waals surface area contributed by atoms with Crippen LogP contribution in [0, 0.1) is 5.41 Å². The largest absolute Gasteiger partial charge is 0.0858 e.